The number of aromatic nitrogens is 3. The van der Waals surface area contributed by atoms with Crippen molar-refractivity contribution in [1.29, 1.82) is 0 Å². The van der Waals surface area contributed by atoms with Gasteiger partial charge in [0.25, 0.3) is 5.91 Å². The van der Waals surface area contributed by atoms with Crippen LogP contribution in [0.1, 0.15) is 69.8 Å². The number of nitrogens with zero attached hydrogens (tertiary/aromatic N) is 5. The molecule has 0 spiro atoms. The van der Waals surface area contributed by atoms with Gasteiger partial charge in [-0.25, -0.2) is 9.67 Å². The fourth-order valence-corrected chi connectivity index (χ4v) is 6.78. The van der Waals surface area contributed by atoms with Crippen molar-refractivity contribution in [2.24, 2.45) is 0 Å². The highest BCUT2D eigenvalue weighted by Gasteiger charge is 2.41. The molecule has 0 saturated heterocycles. The number of pyridine rings is 1. The molecule has 1 saturated carbocycles. The molecule has 2 amide bonds. The summed E-state index contributed by atoms with van der Waals surface area (Å²) in [5.41, 5.74) is 3.03. The number of hydrogen-bond donors (Lipinski definition) is 1. The Hall–Kier alpha value is -3.80. The third-order valence-electron chi connectivity index (χ3n) is 8.55. The van der Waals surface area contributed by atoms with Gasteiger partial charge in [-0.15, -0.1) is 11.8 Å². The Morgan fingerprint density at radius 3 is 2.60 bits per heavy atom. The Kier molecular flexibility index (Phi) is 7.28. The van der Waals surface area contributed by atoms with E-state index in [0.29, 0.717) is 36.7 Å². The van der Waals surface area contributed by atoms with E-state index in [-0.39, 0.29) is 35.2 Å². The van der Waals surface area contributed by atoms with Crippen LogP contribution in [-0.2, 0) is 23.8 Å². The van der Waals surface area contributed by atoms with Crippen molar-refractivity contribution in [3.05, 3.63) is 76.9 Å². The lowest BCUT2D eigenvalue weighted by Crippen LogP contribution is -2.46. The van der Waals surface area contributed by atoms with Crippen LogP contribution >= 0.6 is 11.8 Å². The number of amides is 2. The molecule has 2 aromatic heterocycles. The van der Waals surface area contributed by atoms with Crippen molar-refractivity contribution in [3.8, 4) is 11.4 Å². The molecule has 12 heteroatoms. The highest BCUT2D eigenvalue weighted by Crippen LogP contribution is 2.42. The second kappa shape index (κ2) is 10.8. The summed E-state index contributed by atoms with van der Waals surface area (Å²) in [4.78, 5) is 33.2. The Morgan fingerprint density at radius 2 is 1.95 bits per heavy atom. The summed E-state index contributed by atoms with van der Waals surface area (Å²) >= 11 is 0.876. The number of phenolic OH excluding ortho intramolecular Hbond substituents is 1. The molecule has 1 aliphatic carbocycles. The molecule has 8 nitrogen and oxygen atoms in total. The van der Waals surface area contributed by atoms with E-state index in [9.17, 15) is 27.9 Å². The molecule has 1 fully saturated rings. The average Bonchev–Trinajstić information content (AvgIpc) is 3.19. The zero-order chi connectivity index (χ0) is 29.8. The summed E-state index contributed by atoms with van der Waals surface area (Å²) in [5, 5.41) is 15.9. The minimum Gasteiger partial charge on any atom is -0.506 e. The Morgan fingerprint density at radius 1 is 1.17 bits per heavy atom. The third-order valence-corrected chi connectivity index (χ3v) is 9.30. The van der Waals surface area contributed by atoms with Gasteiger partial charge in [0.15, 0.2) is 5.69 Å². The SMILES string of the molecule is C=CC(=O)N1CCc2nn(-c3ccc(C4CCC4)cc3O)c3c2[C@H](C1)N(C(=O)c1cnc(C(F)(F)F)c(SC)c1)CC3. The maximum Gasteiger partial charge on any atom is 0.434 e. The number of aromatic hydroxyl groups is 1. The van der Waals surface area contributed by atoms with Crippen LogP contribution in [0.5, 0.6) is 5.75 Å². The fraction of sp³-hybridized carbons (Fsp3) is 0.400. The molecule has 2 aliphatic heterocycles. The Bertz CT molecular complexity index is 1580. The summed E-state index contributed by atoms with van der Waals surface area (Å²) in [7, 11) is 0. The summed E-state index contributed by atoms with van der Waals surface area (Å²) in [6, 6.07) is 6.35. The molecule has 0 radical (unpaired) electrons. The number of carbonyl (C=O) groups excluding carboxylic acids is 2. The zero-order valence-electron chi connectivity index (χ0n) is 23.0. The van der Waals surface area contributed by atoms with E-state index in [1.165, 1.54) is 24.8 Å². The van der Waals surface area contributed by atoms with Crippen LogP contribution in [0, 0.1) is 0 Å². The van der Waals surface area contributed by atoms with E-state index in [1.807, 2.05) is 12.1 Å². The van der Waals surface area contributed by atoms with Crippen LogP contribution in [-0.4, -0.2) is 67.4 Å². The molecule has 0 bridgehead atoms. The number of phenols is 1. The Balaban J connectivity index is 1.40. The van der Waals surface area contributed by atoms with Crippen molar-refractivity contribution in [1.82, 2.24) is 24.6 Å². The number of alkyl halides is 3. The molecule has 3 aromatic rings. The molecule has 1 atom stereocenters. The first kappa shape index (κ1) is 28.3. The number of hydrogen-bond acceptors (Lipinski definition) is 6. The molecule has 1 N–H and O–H groups in total. The predicted octanol–water partition coefficient (Wildman–Crippen LogP) is 5.29. The predicted molar refractivity (Wildman–Crippen MR) is 151 cm³/mol. The highest BCUT2D eigenvalue weighted by molar-refractivity contribution is 7.98. The molecular weight excluding hydrogens is 567 g/mol. The standard InChI is InChI=1S/C30H30F3N5O3S/c1-3-26(40)36-11-9-20-27-22(38(35-20)21-8-7-18(13-24(21)39)17-5-4-6-17)10-12-37(23(27)16-36)29(41)19-14-25(42-2)28(34-15-19)30(31,32)33/h3,7-8,13-15,17,23,39H,1,4-6,9-12,16H2,2H3/t23-/m0/s1. The first-order valence-corrected chi connectivity index (χ1v) is 15.1. The molecule has 4 heterocycles. The third kappa shape index (κ3) is 4.85. The van der Waals surface area contributed by atoms with Gasteiger partial charge < -0.3 is 14.9 Å². The lowest BCUT2D eigenvalue weighted by Gasteiger charge is -2.38. The first-order valence-electron chi connectivity index (χ1n) is 13.9. The molecule has 220 valence electrons. The molecule has 1 aromatic carbocycles. The van der Waals surface area contributed by atoms with Crippen molar-refractivity contribution in [3.63, 3.8) is 0 Å². The normalized spacial score (nSPS) is 18.7. The molecular formula is C30H30F3N5O3S. The van der Waals surface area contributed by atoms with E-state index in [4.69, 9.17) is 5.10 Å². The molecule has 6 rings (SSSR count). The monoisotopic (exact) mass is 597 g/mol. The van der Waals surface area contributed by atoms with E-state index in [1.54, 1.807) is 20.5 Å². The van der Waals surface area contributed by atoms with Gasteiger partial charge in [-0.1, -0.05) is 19.1 Å². The van der Waals surface area contributed by atoms with E-state index < -0.39 is 23.8 Å². The molecule has 3 aliphatic rings. The largest absolute Gasteiger partial charge is 0.506 e. The van der Waals surface area contributed by atoms with Gasteiger partial charge in [0.05, 0.1) is 23.0 Å². The Labute approximate surface area is 245 Å². The average molecular weight is 598 g/mol. The van der Waals surface area contributed by atoms with Gasteiger partial charge in [-0.3, -0.25) is 9.59 Å². The molecule has 0 unspecified atom stereocenters. The minimum absolute atomic E-state index is 0.0415. The van der Waals surface area contributed by atoms with Crippen molar-refractivity contribution < 1.29 is 27.9 Å². The van der Waals surface area contributed by atoms with Crippen LogP contribution in [0.4, 0.5) is 13.2 Å². The number of rotatable bonds is 5. The van der Waals surface area contributed by atoms with Crippen molar-refractivity contribution in [2.45, 2.75) is 55.1 Å². The quantitative estimate of drug-likeness (QED) is 0.318. The van der Waals surface area contributed by atoms with Crippen LogP contribution in [0.2, 0.25) is 0 Å². The minimum atomic E-state index is -4.64. The zero-order valence-corrected chi connectivity index (χ0v) is 23.8. The van der Waals surface area contributed by atoms with Crippen LogP contribution in [0.25, 0.3) is 5.69 Å². The van der Waals surface area contributed by atoms with Gasteiger partial charge in [0.2, 0.25) is 5.91 Å². The summed E-state index contributed by atoms with van der Waals surface area (Å²) < 4.78 is 42.1. The highest BCUT2D eigenvalue weighted by atomic mass is 32.2. The number of benzene rings is 1. The first-order chi connectivity index (χ1) is 20.1. The van der Waals surface area contributed by atoms with Crippen molar-refractivity contribution >= 4 is 23.6 Å². The van der Waals surface area contributed by atoms with Gasteiger partial charge in [-0.05, 0) is 54.9 Å². The fourth-order valence-electron chi connectivity index (χ4n) is 6.18. The topological polar surface area (TPSA) is 91.6 Å². The maximum absolute atomic E-state index is 13.9. The van der Waals surface area contributed by atoms with E-state index in [2.05, 4.69) is 11.6 Å². The summed E-state index contributed by atoms with van der Waals surface area (Å²) in [6.07, 6.45) is 3.31. The number of halogens is 3. The number of thioether (sulfide) groups is 1. The summed E-state index contributed by atoms with van der Waals surface area (Å²) in [6.45, 7) is 4.39. The van der Waals surface area contributed by atoms with Crippen LogP contribution in [0.15, 0.2) is 48.0 Å². The van der Waals surface area contributed by atoms with E-state index >= 15 is 0 Å². The maximum atomic E-state index is 13.9. The van der Waals surface area contributed by atoms with Gasteiger partial charge in [0.1, 0.15) is 11.4 Å². The second-order valence-electron chi connectivity index (χ2n) is 10.9. The summed E-state index contributed by atoms with van der Waals surface area (Å²) in [5.74, 6) is -0.160. The van der Waals surface area contributed by atoms with Gasteiger partial charge >= 0.3 is 6.18 Å². The van der Waals surface area contributed by atoms with Crippen LogP contribution in [0.3, 0.4) is 0 Å². The smallest absolute Gasteiger partial charge is 0.434 e. The number of carbonyl (C=O) groups is 2. The van der Waals surface area contributed by atoms with E-state index in [0.717, 1.165) is 47.6 Å². The lowest BCUT2D eigenvalue weighted by atomic mass is 9.80. The second-order valence-corrected chi connectivity index (χ2v) is 11.7. The van der Waals surface area contributed by atoms with Gasteiger partial charge in [-0.2, -0.15) is 18.3 Å². The van der Waals surface area contributed by atoms with Gasteiger partial charge in [0, 0.05) is 49.1 Å². The van der Waals surface area contributed by atoms with Crippen LogP contribution < -0.4 is 0 Å². The molecule has 42 heavy (non-hydrogen) atoms. The van der Waals surface area contributed by atoms with Crippen molar-refractivity contribution in [2.75, 3.05) is 25.9 Å². The lowest BCUT2D eigenvalue weighted by molar-refractivity contribution is -0.143.